The highest BCUT2D eigenvalue weighted by Crippen LogP contribution is 2.35. The van der Waals surface area contributed by atoms with Crippen LogP contribution < -0.4 is 10.6 Å². The highest BCUT2D eigenvalue weighted by Gasteiger charge is 2.29. The largest absolute Gasteiger partial charge is 0.377 e. The van der Waals surface area contributed by atoms with Crippen molar-refractivity contribution in [2.24, 2.45) is 12.8 Å². The van der Waals surface area contributed by atoms with Gasteiger partial charge in [0.2, 0.25) is 0 Å². The summed E-state index contributed by atoms with van der Waals surface area (Å²) in [5, 5.41) is 0. The summed E-state index contributed by atoms with van der Waals surface area (Å²) in [6, 6.07) is 2.42. The van der Waals surface area contributed by atoms with E-state index in [2.05, 4.69) is 37.5 Å². The van der Waals surface area contributed by atoms with Crippen molar-refractivity contribution in [3.63, 3.8) is 0 Å². The van der Waals surface area contributed by atoms with Gasteiger partial charge >= 0.3 is 0 Å². The summed E-state index contributed by atoms with van der Waals surface area (Å²) in [7, 11) is 5.78. The van der Waals surface area contributed by atoms with Gasteiger partial charge in [0.1, 0.15) is 18.2 Å². The molecule has 0 atom stereocenters. The number of nitrogens with zero attached hydrogens (tertiary/aromatic N) is 5. The topological polar surface area (TPSA) is 82.1 Å². The van der Waals surface area contributed by atoms with Crippen LogP contribution in [0.3, 0.4) is 0 Å². The van der Waals surface area contributed by atoms with Crippen molar-refractivity contribution in [2.45, 2.75) is 44.2 Å². The zero-order valence-corrected chi connectivity index (χ0v) is 17.8. The molecule has 27 heavy (non-hydrogen) atoms. The van der Waals surface area contributed by atoms with Gasteiger partial charge in [-0.05, 0) is 19.3 Å². The van der Waals surface area contributed by atoms with E-state index in [-0.39, 0.29) is 24.8 Å². The molecule has 3 rings (SSSR count). The van der Waals surface area contributed by atoms with Crippen molar-refractivity contribution in [2.75, 3.05) is 25.6 Å². The molecule has 0 bridgehead atoms. The molecule has 1 saturated carbocycles. The van der Waals surface area contributed by atoms with Crippen LogP contribution >= 0.6 is 24.8 Å². The van der Waals surface area contributed by atoms with Crippen LogP contribution in [-0.4, -0.2) is 46.3 Å². The quantitative estimate of drug-likeness (QED) is 0.711. The van der Waals surface area contributed by atoms with E-state index in [0.717, 1.165) is 55.4 Å². The summed E-state index contributed by atoms with van der Waals surface area (Å²) >= 11 is 0. The molecule has 2 aromatic heterocycles. The van der Waals surface area contributed by atoms with E-state index in [4.69, 9.17) is 10.5 Å². The van der Waals surface area contributed by atoms with E-state index in [1.165, 1.54) is 0 Å². The average molecular weight is 417 g/mol. The van der Waals surface area contributed by atoms with E-state index in [1.807, 2.05) is 19.4 Å². The number of nitrogens with two attached hydrogens (primary N) is 1. The molecular weight excluding hydrogens is 387 g/mol. The van der Waals surface area contributed by atoms with Crippen LogP contribution in [0.1, 0.15) is 42.5 Å². The summed E-state index contributed by atoms with van der Waals surface area (Å²) in [5.74, 6) is 3.26. The molecule has 2 heterocycles. The number of halogens is 2. The van der Waals surface area contributed by atoms with Crippen LogP contribution in [0.4, 0.5) is 5.82 Å². The summed E-state index contributed by atoms with van der Waals surface area (Å²) in [4.78, 5) is 15.9. The Hall–Kier alpha value is -1.41. The second kappa shape index (κ2) is 10.8. The minimum Gasteiger partial charge on any atom is -0.377 e. The van der Waals surface area contributed by atoms with Crippen molar-refractivity contribution in [3.8, 4) is 0 Å². The predicted octanol–water partition coefficient (Wildman–Crippen LogP) is 2.47. The Labute approximate surface area is 173 Å². The van der Waals surface area contributed by atoms with Crippen LogP contribution in [0.2, 0.25) is 0 Å². The molecule has 0 saturated heterocycles. The third-order valence-corrected chi connectivity index (χ3v) is 4.85. The minimum absolute atomic E-state index is 0. The molecule has 2 aromatic rings. The number of anilines is 1. The lowest BCUT2D eigenvalue weighted by Gasteiger charge is -2.32. The Balaban J connectivity index is 0.00000182. The number of hydrogen-bond acceptors (Lipinski definition) is 6. The fourth-order valence-corrected chi connectivity index (χ4v) is 3.23. The average Bonchev–Trinajstić information content (AvgIpc) is 2.97. The van der Waals surface area contributed by atoms with Gasteiger partial charge in [0.25, 0.3) is 0 Å². The Bertz CT molecular complexity index is 705. The van der Waals surface area contributed by atoms with Gasteiger partial charge in [-0.3, -0.25) is 0 Å². The molecule has 0 radical (unpaired) electrons. The molecule has 0 aromatic carbocycles. The zero-order chi connectivity index (χ0) is 17.8. The SMILES string of the molecule is COCc1nc(C2CC(N)C2)cc(N(C)CCCc2nccn2C)n1.Cl.Cl. The first-order chi connectivity index (χ1) is 12.1. The number of methoxy groups -OCH3 is 1. The standard InChI is InChI=1S/C18H28N6O.2ClH/c1-23(7-4-5-17-20-6-8-24(17)2)18-11-15(13-9-14(19)10-13)21-16(22-18)12-25-3;;/h6,8,11,13-14H,4-5,7,9-10,12,19H2,1-3H3;2*1H. The lowest BCUT2D eigenvalue weighted by Crippen LogP contribution is -2.35. The van der Waals surface area contributed by atoms with Gasteiger partial charge in [-0.2, -0.15) is 0 Å². The molecule has 9 heteroatoms. The smallest absolute Gasteiger partial charge is 0.156 e. The highest BCUT2D eigenvalue weighted by molar-refractivity contribution is 5.85. The molecule has 2 N–H and O–H groups in total. The maximum Gasteiger partial charge on any atom is 0.156 e. The first-order valence-electron chi connectivity index (χ1n) is 8.86. The van der Waals surface area contributed by atoms with Gasteiger partial charge in [-0.25, -0.2) is 15.0 Å². The third-order valence-electron chi connectivity index (χ3n) is 4.85. The highest BCUT2D eigenvalue weighted by atomic mass is 35.5. The summed E-state index contributed by atoms with van der Waals surface area (Å²) in [6.07, 6.45) is 7.81. The molecule has 0 amide bonds. The number of aromatic nitrogens is 4. The molecule has 1 aliphatic rings. The minimum atomic E-state index is 0. The zero-order valence-electron chi connectivity index (χ0n) is 16.2. The van der Waals surface area contributed by atoms with Crippen molar-refractivity contribution < 1.29 is 4.74 Å². The van der Waals surface area contributed by atoms with Gasteiger partial charge in [0.15, 0.2) is 5.82 Å². The summed E-state index contributed by atoms with van der Waals surface area (Å²) in [5.41, 5.74) is 7.03. The van der Waals surface area contributed by atoms with Gasteiger partial charge in [0.05, 0.1) is 0 Å². The number of rotatable bonds is 8. The van der Waals surface area contributed by atoms with Gasteiger partial charge in [0, 0.05) is 70.3 Å². The van der Waals surface area contributed by atoms with E-state index in [0.29, 0.717) is 18.6 Å². The van der Waals surface area contributed by atoms with E-state index in [1.54, 1.807) is 7.11 Å². The maximum atomic E-state index is 5.94. The van der Waals surface area contributed by atoms with Crippen molar-refractivity contribution >= 4 is 30.6 Å². The van der Waals surface area contributed by atoms with Crippen LogP contribution in [0.15, 0.2) is 18.5 Å². The Kier molecular flexibility index (Phi) is 9.45. The maximum absolute atomic E-state index is 5.94. The normalized spacial score (nSPS) is 18.2. The van der Waals surface area contributed by atoms with Crippen LogP contribution in [-0.2, 0) is 24.8 Å². The van der Waals surface area contributed by atoms with Crippen LogP contribution in [0.25, 0.3) is 0 Å². The second-order valence-corrected chi connectivity index (χ2v) is 6.91. The molecular formula is C18H30Cl2N6O. The molecule has 152 valence electrons. The van der Waals surface area contributed by atoms with Crippen LogP contribution in [0.5, 0.6) is 0 Å². The predicted molar refractivity (Wildman–Crippen MR) is 112 cm³/mol. The third kappa shape index (κ3) is 6.04. The van der Waals surface area contributed by atoms with Gasteiger partial charge in [-0.1, -0.05) is 0 Å². The van der Waals surface area contributed by atoms with Crippen molar-refractivity contribution in [1.82, 2.24) is 19.5 Å². The molecule has 1 fully saturated rings. The van der Waals surface area contributed by atoms with Crippen LogP contribution in [0, 0.1) is 0 Å². The monoisotopic (exact) mass is 416 g/mol. The van der Waals surface area contributed by atoms with E-state index in [9.17, 15) is 0 Å². The first-order valence-corrected chi connectivity index (χ1v) is 8.86. The molecule has 0 spiro atoms. The van der Waals surface area contributed by atoms with E-state index >= 15 is 0 Å². The van der Waals surface area contributed by atoms with Crippen molar-refractivity contribution in [3.05, 3.63) is 35.8 Å². The second-order valence-electron chi connectivity index (χ2n) is 6.91. The molecule has 0 unspecified atom stereocenters. The lowest BCUT2D eigenvalue weighted by atomic mass is 9.78. The van der Waals surface area contributed by atoms with E-state index < -0.39 is 0 Å². The number of ether oxygens (including phenoxy) is 1. The Morgan fingerprint density at radius 2 is 2.04 bits per heavy atom. The van der Waals surface area contributed by atoms with Crippen molar-refractivity contribution in [1.29, 1.82) is 0 Å². The summed E-state index contributed by atoms with van der Waals surface area (Å²) in [6.45, 7) is 1.35. The first kappa shape index (κ1) is 23.6. The number of imidazole rings is 1. The number of hydrogen-bond donors (Lipinski definition) is 1. The molecule has 1 aliphatic carbocycles. The van der Waals surface area contributed by atoms with Gasteiger partial charge in [-0.15, -0.1) is 24.8 Å². The number of aryl methyl sites for hydroxylation is 2. The molecule has 7 nitrogen and oxygen atoms in total. The van der Waals surface area contributed by atoms with Gasteiger partial charge < -0.3 is 19.9 Å². The Morgan fingerprint density at radius 3 is 2.63 bits per heavy atom. The summed E-state index contributed by atoms with van der Waals surface area (Å²) < 4.78 is 7.30. The molecule has 0 aliphatic heterocycles. The fourth-order valence-electron chi connectivity index (χ4n) is 3.23. The lowest BCUT2D eigenvalue weighted by molar-refractivity contribution is 0.177. The Morgan fingerprint density at radius 1 is 1.30 bits per heavy atom. The fraction of sp³-hybridized carbons (Fsp3) is 0.611.